The lowest BCUT2D eigenvalue weighted by Gasteiger charge is -2.24. The summed E-state index contributed by atoms with van der Waals surface area (Å²) in [4.78, 5) is 0. The predicted octanol–water partition coefficient (Wildman–Crippen LogP) is 1.82. The minimum Gasteiger partial charge on any atom is -0.396 e. The first kappa shape index (κ1) is 15.7. The molecule has 0 aromatic heterocycles. The monoisotopic (exact) mass is 240 g/mol. The van der Waals surface area contributed by atoms with Gasteiger partial charge in [-0.05, 0) is 6.42 Å². The number of alkyl halides is 2. The Labute approximate surface area is 95.4 Å². The van der Waals surface area contributed by atoms with E-state index in [1.165, 1.54) is 6.92 Å². The average Bonchev–Trinajstić information content (AvgIpc) is 2.28. The van der Waals surface area contributed by atoms with E-state index in [0.717, 1.165) is 0 Å². The van der Waals surface area contributed by atoms with Gasteiger partial charge in [-0.1, -0.05) is 13.8 Å². The molecule has 2 N–H and O–H groups in total. The molecule has 98 valence electrons. The van der Waals surface area contributed by atoms with Gasteiger partial charge in [0.2, 0.25) is 5.92 Å². The number of rotatable bonds is 9. The fourth-order valence-electron chi connectivity index (χ4n) is 1.07. The van der Waals surface area contributed by atoms with Crippen LogP contribution in [0.1, 0.15) is 33.1 Å². The van der Waals surface area contributed by atoms with E-state index in [2.05, 4.69) is 0 Å². The topological polar surface area (TPSA) is 49.7 Å². The molecule has 0 unspecified atom stereocenters. The van der Waals surface area contributed by atoms with Gasteiger partial charge in [-0.2, -0.15) is 0 Å². The van der Waals surface area contributed by atoms with Crippen LogP contribution in [0, 0.1) is 5.41 Å². The average molecular weight is 240 g/mol. The SMILES string of the molecule is CCC(F)(F)CCCOCC(C)(CO)CO. The minimum absolute atomic E-state index is 0.155. The van der Waals surface area contributed by atoms with Crippen molar-refractivity contribution in [3.05, 3.63) is 0 Å². The first-order valence-corrected chi connectivity index (χ1v) is 5.56. The summed E-state index contributed by atoms with van der Waals surface area (Å²) in [6.45, 7) is 3.16. The first-order chi connectivity index (χ1) is 7.39. The smallest absolute Gasteiger partial charge is 0.248 e. The van der Waals surface area contributed by atoms with Crippen LogP contribution in [0.5, 0.6) is 0 Å². The van der Waals surface area contributed by atoms with Gasteiger partial charge in [0.15, 0.2) is 0 Å². The molecule has 3 nitrogen and oxygen atoms in total. The van der Waals surface area contributed by atoms with Crippen LogP contribution in [0.25, 0.3) is 0 Å². The second-order valence-electron chi connectivity index (χ2n) is 4.49. The third kappa shape index (κ3) is 6.35. The number of hydrogen-bond donors (Lipinski definition) is 2. The van der Waals surface area contributed by atoms with Gasteiger partial charge in [-0.3, -0.25) is 0 Å². The summed E-state index contributed by atoms with van der Waals surface area (Å²) < 4.78 is 30.8. The Morgan fingerprint density at radius 3 is 2.19 bits per heavy atom. The van der Waals surface area contributed by atoms with E-state index >= 15 is 0 Å². The standard InChI is InChI=1S/C11H22F2O3/c1-3-11(12,13)5-4-6-16-9-10(2,7-14)8-15/h14-15H,3-9H2,1-2H3. The van der Waals surface area contributed by atoms with Gasteiger partial charge in [0.05, 0.1) is 19.8 Å². The minimum atomic E-state index is -2.61. The summed E-state index contributed by atoms with van der Waals surface area (Å²) >= 11 is 0. The highest BCUT2D eigenvalue weighted by molar-refractivity contribution is 4.71. The molecule has 0 saturated heterocycles. The molecule has 5 heteroatoms. The highest BCUT2D eigenvalue weighted by atomic mass is 19.3. The molecule has 0 atom stereocenters. The van der Waals surface area contributed by atoms with Gasteiger partial charge in [-0.25, -0.2) is 8.78 Å². The number of ether oxygens (including phenoxy) is 1. The van der Waals surface area contributed by atoms with Crippen LogP contribution in [-0.4, -0.2) is 42.6 Å². The van der Waals surface area contributed by atoms with Crippen molar-refractivity contribution in [1.82, 2.24) is 0 Å². The molecule has 0 aliphatic heterocycles. The van der Waals surface area contributed by atoms with Gasteiger partial charge in [0.1, 0.15) is 0 Å². The van der Waals surface area contributed by atoms with E-state index in [0.29, 0.717) is 0 Å². The lowest BCUT2D eigenvalue weighted by Crippen LogP contribution is -2.31. The summed E-state index contributed by atoms with van der Waals surface area (Å²) in [5.74, 6) is -2.61. The Bertz CT molecular complexity index is 182. The van der Waals surface area contributed by atoms with Crippen LogP contribution in [0.15, 0.2) is 0 Å². The molecule has 0 heterocycles. The quantitative estimate of drug-likeness (QED) is 0.604. The molecule has 0 radical (unpaired) electrons. The maximum Gasteiger partial charge on any atom is 0.248 e. The van der Waals surface area contributed by atoms with E-state index in [-0.39, 0.29) is 45.7 Å². The van der Waals surface area contributed by atoms with Crippen molar-refractivity contribution in [2.75, 3.05) is 26.4 Å². The Kier molecular flexibility index (Phi) is 7.03. The van der Waals surface area contributed by atoms with Crippen molar-refractivity contribution in [1.29, 1.82) is 0 Å². The van der Waals surface area contributed by atoms with Crippen LogP contribution >= 0.6 is 0 Å². The Hall–Kier alpha value is -0.260. The fourth-order valence-corrected chi connectivity index (χ4v) is 1.07. The molecule has 0 aliphatic carbocycles. The van der Waals surface area contributed by atoms with Crippen LogP contribution < -0.4 is 0 Å². The van der Waals surface area contributed by atoms with E-state index in [1.54, 1.807) is 6.92 Å². The number of halogens is 2. The molecule has 0 rings (SSSR count). The second-order valence-corrected chi connectivity index (χ2v) is 4.49. The van der Waals surface area contributed by atoms with Crippen molar-refractivity contribution >= 4 is 0 Å². The second kappa shape index (κ2) is 7.14. The van der Waals surface area contributed by atoms with Gasteiger partial charge in [-0.15, -0.1) is 0 Å². The Morgan fingerprint density at radius 2 is 1.75 bits per heavy atom. The van der Waals surface area contributed by atoms with Crippen molar-refractivity contribution < 1.29 is 23.7 Å². The molecule has 0 bridgehead atoms. The summed E-state index contributed by atoms with van der Waals surface area (Å²) in [5.41, 5.74) is -0.687. The molecule has 0 aromatic carbocycles. The predicted molar refractivity (Wildman–Crippen MR) is 57.6 cm³/mol. The van der Waals surface area contributed by atoms with Gasteiger partial charge < -0.3 is 14.9 Å². The maximum absolute atomic E-state index is 12.8. The molecule has 0 amide bonds. The molecule has 0 saturated carbocycles. The molecule has 16 heavy (non-hydrogen) atoms. The van der Waals surface area contributed by atoms with Gasteiger partial charge in [0, 0.05) is 24.9 Å². The maximum atomic E-state index is 12.8. The van der Waals surface area contributed by atoms with Crippen molar-refractivity contribution in [3.8, 4) is 0 Å². The van der Waals surface area contributed by atoms with Gasteiger partial charge in [0.25, 0.3) is 0 Å². The molecular weight excluding hydrogens is 218 g/mol. The summed E-state index contributed by atoms with van der Waals surface area (Å²) in [7, 11) is 0. The lowest BCUT2D eigenvalue weighted by atomic mass is 9.94. The molecule has 0 fully saturated rings. The van der Waals surface area contributed by atoms with Crippen LogP contribution in [0.2, 0.25) is 0 Å². The number of aliphatic hydroxyl groups is 2. The van der Waals surface area contributed by atoms with E-state index in [4.69, 9.17) is 14.9 Å². The van der Waals surface area contributed by atoms with Crippen LogP contribution in [0.3, 0.4) is 0 Å². The zero-order valence-corrected chi connectivity index (χ0v) is 10.0. The van der Waals surface area contributed by atoms with Gasteiger partial charge >= 0.3 is 0 Å². The summed E-state index contributed by atoms with van der Waals surface area (Å²) in [6, 6.07) is 0. The molecular formula is C11H22F2O3. The van der Waals surface area contributed by atoms with Crippen molar-refractivity contribution in [2.24, 2.45) is 5.41 Å². The lowest BCUT2D eigenvalue weighted by molar-refractivity contribution is -0.0379. The zero-order valence-electron chi connectivity index (χ0n) is 10.0. The first-order valence-electron chi connectivity index (χ1n) is 5.56. The molecule has 0 aliphatic rings. The molecule has 0 spiro atoms. The molecule has 0 aromatic rings. The van der Waals surface area contributed by atoms with Crippen molar-refractivity contribution in [2.45, 2.75) is 39.0 Å². The fraction of sp³-hybridized carbons (Fsp3) is 1.00. The third-order valence-electron chi connectivity index (χ3n) is 2.56. The summed E-state index contributed by atoms with van der Waals surface area (Å²) in [6.07, 6.45) is -0.0514. The Balaban J connectivity index is 3.61. The largest absolute Gasteiger partial charge is 0.396 e. The highest BCUT2D eigenvalue weighted by Crippen LogP contribution is 2.24. The normalized spacial score (nSPS) is 13.1. The number of aliphatic hydroxyl groups excluding tert-OH is 2. The highest BCUT2D eigenvalue weighted by Gasteiger charge is 2.26. The Morgan fingerprint density at radius 1 is 1.19 bits per heavy atom. The van der Waals surface area contributed by atoms with Crippen LogP contribution in [-0.2, 0) is 4.74 Å². The number of hydrogen-bond acceptors (Lipinski definition) is 3. The van der Waals surface area contributed by atoms with Crippen molar-refractivity contribution in [3.63, 3.8) is 0 Å². The van der Waals surface area contributed by atoms with E-state index in [9.17, 15) is 8.78 Å². The zero-order chi connectivity index (χ0) is 12.7. The van der Waals surface area contributed by atoms with E-state index < -0.39 is 11.3 Å². The third-order valence-corrected chi connectivity index (χ3v) is 2.56. The van der Waals surface area contributed by atoms with E-state index in [1.807, 2.05) is 0 Å². The summed E-state index contributed by atoms with van der Waals surface area (Å²) in [5, 5.41) is 17.9. The van der Waals surface area contributed by atoms with Crippen LogP contribution in [0.4, 0.5) is 8.78 Å².